The molecule has 0 aliphatic carbocycles. The Morgan fingerprint density at radius 1 is 1.09 bits per heavy atom. The molecule has 6 heteroatoms. The molecule has 0 aliphatic rings. The number of carbonyl (C=O) groups is 1. The van der Waals surface area contributed by atoms with Gasteiger partial charge < -0.3 is 10.6 Å². The zero-order valence-electron chi connectivity index (χ0n) is 13.1. The van der Waals surface area contributed by atoms with E-state index in [0.29, 0.717) is 16.7 Å². The number of rotatable bonds is 3. The number of hydrogen-bond donors (Lipinski definition) is 2. The van der Waals surface area contributed by atoms with E-state index in [1.54, 1.807) is 12.1 Å². The zero-order valence-corrected chi connectivity index (χ0v) is 13.8. The maximum absolute atomic E-state index is 11.9. The lowest BCUT2D eigenvalue weighted by atomic mass is 9.96. The van der Waals surface area contributed by atoms with E-state index in [1.807, 2.05) is 45.9 Å². The fraction of sp³-hybridized carbons (Fsp3) is 0.312. The summed E-state index contributed by atoms with van der Waals surface area (Å²) in [5.74, 6) is 0.897. The van der Waals surface area contributed by atoms with Gasteiger partial charge in [0, 0.05) is 16.1 Å². The summed E-state index contributed by atoms with van der Waals surface area (Å²) in [5.41, 5.74) is 1.37. The van der Waals surface area contributed by atoms with Crippen LogP contribution in [0.15, 0.2) is 30.3 Å². The van der Waals surface area contributed by atoms with Crippen molar-refractivity contribution in [2.24, 2.45) is 5.41 Å². The highest BCUT2D eigenvalue weighted by atomic mass is 35.5. The van der Waals surface area contributed by atoms with E-state index in [-0.39, 0.29) is 5.91 Å². The molecule has 116 valence electrons. The van der Waals surface area contributed by atoms with Crippen molar-refractivity contribution in [3.63, 3.8) is 0 Å². The predicted molar refractivity (Wildman–Crippen MR) is 89.6 cm³/mol. The summed E-state index contributed by atoms with van der Waals surface area (Å²) < 4.78 is 0. The van der Waals surface area contributed by atoms with Crippen LogP contribution in [0.1, 0.15) is 26.3 Å². The third-order valence-electron chi connectivity index (χ3n) is 3.03. The number of aryl methyl sites for hydroxylation is 1. The molecular formula is C16H19ClN4O. The number of aromatic nitrogens is 2. The maximum Gasteiger partial charge on any atom is 0.230 e. The largest absolute Gasteiger partial charge is 0.339 e. The number of hydrogen-bond acceptors (Lipinski definition) is 4. The smallest absolute Gasteiger partial charge is 0.230 e. The van der Waals surface area contributed by atoms with Crippen molar-refractivity contribution in [2.45, 2.75) is 27.7 Å². The predicted octanol–water partition coefficient (Wildman–Crippen LogP) is 4.17. The van der Waals surface area contributed by atoms with Crippen LogP contribution in [0.5, 0.6) is 0 Å². The maximum atomic E-state index is 11.9. The fourth-order valence-corrected chi connectivity index (χ4v) is 1.77. The first-order chi connectivity index (χ1) is 10.3. The highest BCUT2D eigenvalue weighted by molar-refractivity contribution is 6.31. The van der Waals surface area contributed by atoms with Crippen LogP contribution in [0.25, 0.3) is 0 Å². The van der Waals surface area contributed by atoms with Crippen molar-refractivity contribution in [2.75, 3.05) is 10.6 Å². The Hall–Kier alpha value is -2.14. The first-order valence-electron chi connectivity index (χ1n) is 6.94. The molecule has 0 bridgehead atoms. The first kappa shape index (κ1) is 16.2. The van der Waals surface area contributed by atoms with E-state index in [0.717, 1.165) is 11.3 Å². The second kappa shape index (κ2) is 6.32. The number of nitrogens with one attached hydrogen (secondary N) is 2. The fourth-order valence-electron chi connectivity index (χ4n) is 1.59. The van der Waals surface area contributed by atoms with Gasteiger partial charge in [-0.05, 0) is 36.8 Å². The van der Waals surface area contributed by atoms with Crippen molar-refractivity contribution >= 4 is 34.8 Å². The Balaban J connectivity index is 2.06. The summed E-state index contributed by atoms with van der Waals surface area (Å²) in [4.78, 5) is 11.9. The van der Waals surface area contributed by atoms with Gasteiger partial charge in [-0.1, -0.05) is 38.4 Å². The number of carbonyl (C=O) groups excluding carboxylic acids is 1. The van der Waals surface area contributed by atoms with Gasteiger partial charge in [0.15, 0.2) is 11.6 Å². The van der Waals surface area contributed by atoms with Crippen molar-refractivity contribution in [1.29, 1.82) is 0 Å². The van der Waals surface area contributed by atoms with E-state index in [1.165, 1.54) is 0 Å². The molecule has 1 aromatic carbocycles. The molecule has 22 heavy (non-hydrogen) atoms. The van der Waals surface area contributed by atoms with Gasteiger partial charge in [-0.25, -0.2) is 0 Å². The van der Waals surface area contributed by atoms with E-state index in [9.17, 15) is 4.79 Å². The molecule has 1 amide bonds. The molecule has 1 heterocycles. The van der Waals surface area contributed by atoms with Crippen molar-refractivity contribution < 1.29 is 4.79 Å². The minimum absolute atomic E-state index is 0.104. The molecule has 0 spiro atoms. The Bertz CT molecular complexity index is 678. The summed E-state index contributed by atoms with van der Waals surface area (Å²) >= 11 is 6.08. The number of anilines is 3. The minimum atomic E-state index is -0.475. The van der Waals surface area contributed by atoms with Gasteiger partial charge in [-0.3, -0.25) is 4.79 Å². The Morgan fingerprint density at radius 3 is 2.27 bits per heavy atom. The normalized spacial score (nSPS) is 11.1. The topological polar surface area (TPSA) is 66.9 Å². The molecule has 2 rings (SSSR count). The van der Waals surface area contributed by atoms with Crippen LogP contribution >= 0.6 is 11.6 Å². The Labute approximate surface area is 135 Å². The summed E-state index contributed by atoms with van der Waals surface area (Å²) in [7, 11) is 0. The average Bonchev–Trinajstić information content (AvgIpc) is 2.44. The number of nitrogens with zero attached hydrogens (tertiary/aromatic N) is 2. The first-order valence-corrected chi connectivity index (χ1v) is 7.32. The van der Waals surface area contributed by atoms with E-state index in [2.05, 4.69) is 20.8 Å². The summed E-state index contributed by atoms with van der Waals surface area (Å²) in [6.07, 6.45) is 0. The minimum Gasteiger partial charge on any atom is -0.339 e. The van der Waals surface area contributed by atoms with Gasteiger partial charge >= 0.3 is 0 Å². The van der Waals surface area contributed by atoms with E-state index < -0.39 is 5.41 Å². The second-order valence-electron chi connectivity index (χ2n) is 6.10. The molecule has 0 unspecified atom stereocenters. The number of benzene rings is 1. The Kier molecular flexibility index (Phi) is 4.66. The molecule has 1 aromatic heterocycles. The Morgan fingerprint density at radius 2 is 1.73 bits per heavy atom. The molecule has 0 radical (unpaired) electrons. The number of amides is 1. The van der Waals surface area contributed by atoms with Crippen LogP contribution in [0.3, 0.4) is 0 Å². The summed E-state index contributed by atoms with van der Waals surface area (Å²) in [6, 6.07) is 9.12. The van der Waals surface area contributed by atoms with Crippen LogP contribution in [-0.2, 0) is 4.79 Å². The molecular weight excluding hydrogens is 300 g/mol. The van der Waals surface area contributed by atoms with E-state index in [4.69, 9.17) is 11.6 Å². The van der Waals surface area contributed by atoms with Crippen LogP contribution < -0.4 is 10.6 Å². The molecule has 0 aliphatic heterocycles. The monoisotopic (exact) mass is 318 g/mol. The highest BCUT2D eigenvalue weighted by Gasteiger charge is 2.21. The standard InChI is InChI=1S/C16H19ClN4O/c1-10-5-6-11(9-12(10)17)18-13-7-8-14(21-20-13)19-15(22)16(2,3)4/h5-9H,1-4H3,(H,18,20)(H,19,21,22). The molecule has 0 saturated carbocycles. The van der Waals surface area contributed by atoms with Crippen molar-refractivity contribution in [3.8, 4) is 0 Å². The third-order valence-corrected chi connectivity index (χ3v) is 3.44. The lowest BCUT2D eigenvalue weighted by Gasteiger charge is -2.16. The molecule has 0 saturated heterocycles. The van der Waals surface area contributed by atoms with Crippen LogP contribution in [0.2, 0.25) is 5.02 Å². The van der Waals surface area contributed by atoms with E-state index >= 15 is 0 Å². The molecule has 0 atom stereocenters. The summed E-state index contributed by atoms with van der Waals surface area (Å²) in [5, 5.41) is 14.6. The highest BCUT2D eigenvalue weighted by Crippen LogP contribution is 2.22. The lowest BCUT2D eigenvalue weighted by molar-refractivity contribution is -0.123. The summed E-state index contributed by atoms with van der Waals surface area (Å²) in [6.45, 7) is 7.46. The van der Waals surface area contributed by atoms with Crippen molar-refractivity contribution in [3.05, 3.63) is 40.9 Å². The SMILES string of the molecule is Cc1ccc(Nc2ccc(NC(=O)C(C)(C)C)nn2)cc1Cl. The zero-order chi connectivity index (χ0) is 16.3. The van der Waals surface area contributed by atoms with Gasteiger partial charge in [0.1, 0.15) is 0 Å². The molecule has 2 N–H and O–H groups in total. The van der Waals surface area contributed by atoms with Crippen LogP contribution in [0.4, 0.5) is 17.3 Å². The quantitative estimate of drug-likeness (QED) is 0.891. The van der Waals surface area contributed by atoms with Gasteiger partial charge in [0.05, 0.1) is 0 Å². The lowest BCUT2D eigenvalue weighted by Crippen LogP contribution is -2.28. The third kappa shape index (κ3) is 4.18. The number of halogens is 1. The molecule has 5 nitrogen and oxygen atoms in total. The van der Waals surface area contributed by atoms with Gasteiger partial charge in [0.25, 0.3) is 0 Å². The van der Waals surface area contributed by atoms with Crippen LogP contribution in [0, 0.1) is 12.3 Å². The molecule has 0 fully saturated rings. The second-order valence-corrected chi connectivity index (χ2v) is 6.50. The van der Waals surface area contributed by atoms with Gasteiger partial charge in [-0.2, -0.15) is 0 Å². The average molecular weight is 319 g/mol. The van der Waals surface area contributed by atoms with Gasteiger partial charge in [0.2, 0.25) is 5.91 Å². The van der Waals surface area contributed by atoms with Crippen molar-refractivity contribution in [1.82, 2.24) is 10.2 Å². The molecule has 2 aromatic rings. The van der Waals surface area contributed by atoms with Gasteiger partial charge in [-0.15, -0.1) is 10.2 Å². The van der Waals surface area contributed by atoms with Crippen LogP contribution in [-0.4, -0.2) is 16.1 Å².